The van der Waals surface area contributed by atoms with Crippen LogP contribution in [0.3, 0.4) is 0 Å². The second kappa shape index (κ2) is 7.34. The van der Waals surface area contributed by atoms with E-state index in [0.717, 1.165) is 45.6 Å². The third-order valence-corrected chi connectivity index (χ3v) is 5.50. The van der Waals surface area contributed by atoms with Crippen LogP contribution in [0.15, 0.2) is 24.3 Å². The van der Waals surface area contributed by atoms with Gasteiger partial charge in [0.1, 0.15) is 5.82 Å². The minimum atomic E-state index is -0.163. The number of nitrogens with one attached hydrogen (secondary N) is 1. The highest BCUT2D eigenvalue weighted by molar-refractivity contribution is 5.16. The third-order valence-electron chi connectivity index (χ3n) is 5.50. The van der Waals surface area contributed by atoms with Crippen LogP contribution in [-0.4, -0.2) is 41.8 Å². The van der Waals surface area contributed by atoms with E-state index in [1.807, 2.05) is 12.1 Å². The number of hydrogen-bond acceptors (Lipinski definition) is 3. The number of nitrogens with zero attached hydrogens (tertiary/aromatic N) is 1. The predicted octanol–water partition coefficient (Wildman–Crippen LogP) is 3.97. The average Bonchev–Trinajstić information content (AvgIpc) is 2.98. The van der Waals surface area contributed by atoms with Gasteiger partial charge in [0.15, 0.2) is 0 Å². The summed E-state index contributed by atoms with van der Waals surface area (Å²) in [5.74, 6) is 0.449. The Kier molecular flexibility index (Phi) is 5.52. The monoisotopic (exact) mass is 348 g/mol. The molecule has 0 saturated carbocycles. The molecule has 0 bridgehead atoms. The van der Waals surface area contributed by atoms with Crippen molar-refractivity contribution in [2.45, 2.75) is 70.6 Å². The second-order valence-electron chi connectivity index (χ2n) is 9.24. The van der Waals surface area contributed by atoms with Crippen LogP contribution < -0.4 is 5.32 Å². The van der Waals surface area contributed by atoms with Crippen molar-refractivity contribution in [3.8, 4) is 0 Å². The number of piperidine rings is 1. The van der Waals surface area contributed by atoms with Crippen LogP contribution in [0.5, 0.6) is 0 Å². The Morgan fingerprint density at radius 2 is 1.76 bits per heavy atom. The molecule has 2 aliphatic rings. The van der Waals surface area contributed by atoms with Crippen LogP contribution in [0.1, 0.15) is 52.5 Å². The van der Waals surface area contributed by atoms with Gasteiger partial charge in [-0.25, -0.2) is 4.39 Å². The molecular weight excluding hydrogens is 315 g/mol. The number of halogens is 1. The van der Waals surface area contributed by atoms with E-state index in [1.54, 1.807) is 12.1 Å². The minimum Gasteiger partial charge on any atom is -0.381 e. The molecular formula is C21H33FN2O. The Morgan fingerprint density at radius 3 is 2.32 bits per heavy atom. The van der Waals surface area contributed by atoms with Gasteiger partial charge in [0.25, 0.3) is 0 Å². The first kappa shape index (κ1) is 18.8. The predicted molar refractivity (Wildman–Crippen MR) is 100 cm³/mol. The topological polar surface area (TPSA) is 24.5 Å². The molecule has 0 aliphatic carbocycles. The van der Waals surface area contributed by atoms with E-state index in [2.05, 4.69) is 37.9 Å². The molecule has 1 atom stereocenters. The normalized spacial score (nSPS) is 26.2. The summed E-state index contributed by atoms with van der Waals surface area (Å²) in [5.41, 5.74) is 1.44. The van der Waals surface area contributed by atoms with E-state index < -0.39 is 0 Å². The molecule has 2 fully saturated rings. The molecule has 2 aliphatic heterocycles. The molecule has 25 heavy (non-hydrogen) atoms. The molecule has 2 heterocycles. The Morgan fingerprint density at radius 1 is 1.12 bits per heavy atom. The summed E-state index contributed by atoms with van der Waals surface area (Å²) in [4.78, 5) is 2.62. The maximum absolute atomic E-state index is 13.3. The largest absolute Gasteiger partial charge is 0.381 e. The molecule has 1 aromatic rings. The summed E-state index contributed by atoms with van der Waals surface area (Å²) in [5, 5.41) is 3.78. The number of ether oxygens (including phenoxy) is 1. The SMILES string of the molecule is CC1(C)CC(N(Cc2ccc(F)cc2)CC2CCOC2)CC(C)(C)N1. The van der Waals surface area contributed by atoms with Crippen LogP contribution in [0.4, 0.5) is 4.39 Å². The minimum absolute atomic E-state index is 0.125. The van der Waals surface area contributed by atoms with Crippen molar-refractivity contribution in [3.05, 3.63) is 35.6 Å². The zero-order chi connectivity index (χ0) is 18.1. The molecule has 3 nitrogen and oxygen atoms in total. The molecule has 0 amide bonds. The lowest BCUT2D eigenvalue weighted by molar-refractivity contribution is 0.0493. The molecule has 1 N–H and O–H groups in total. The van der Waals surface area contributed by atoms with Crippen molar-refractivity contribution < 1.29 is 9.13 Å². The standard InChI is InChI=1S/C21H33FN2O/c1-20(2)11-19(12-21(3,4)23-20)24(14-17-9-10-25-15-17)13-16-5-7-18(22)8-6-16/h5-8,17,19,23H,9-15H2,1-4H3. The smallest absolute Gasteiger partial charge is 0.123 e. The number of rotatable bonds is 5. The summed E-state index contributed by atoms with van der Waals surface area (Å²) >= 11 is 0. The second-order valence-corrected chi connectivity index (χ2v) is 9.24. The van der Waals surface area contributed by atoms with Crippen molar-refractivity contribution in [3.63, 3.8) is 0 Å². The molecule has 1 unspecified atom stereocenters. The molecule has 0 spiro atoms. The molecule has 0 radical (unpaired) electrons. The first-order valence-corrected chi connectivity index (χ1v) is 9.58. The van der Waals surface area contributed by atoms with Crippen LogP contribution in [0.25, 0.3) is 0 Å². The summed E-state index contributed by atoms with van der Waals surface area (Å²) in [6.45, 7) is 12.9. The van der Waals surface area contributed by atoms with Crippen LogP contribution >= 0.6 is 0 Å². The first-order valence-electron chi connectivity index (χ1n) is 9.58. The molecule has 140 valence electrons. The molecule has 4 heteroatoms. The molecule has 1 aromatic carbocycles. The lowest BCUT2D eigenvalue weighted by Crippen LogP contribution is -2.62. The van der Waals surface area contributed by atoms with Gasteiger partial charge >= 0.3 is 0 Å². The lowest BCUT2D eigenvalue weighted by Gasteiger charge is -2.50. The van der Waals surface area contributed by atoms with Crippen molar-refractivity contribution in [2.75, 3.05) is 19.8 Å². The zero-order valence-corrected chi connectivity index (χ0v) is 16.1. The highest BCUT2D eigenvalue weighted by atomic mass is 19.1. The van der Waals surface area contributed by atoms with E-state index in [-0.39, 0.29) is 16.9 Å². The van der Waals surface area contributed by atoms with E-state index >= 15 is 0 Å². The number of hydrogen-bond donors (Lipinski definition) is 1. The number of benzene rings is 1. The first-order chi connectivity index (χ1) is 11.7. The zero-order valence-electron chi connectivity index (χ0n) is 16.1. The third kappa shape index (κ3) is 5.25. The lowest BCUT2D eigenvalue weighted by atomic mass is 9.78. The van der Waals surface area contributed by atoms with Gasteiger partial charge in [0.2, 0.25) is 0 Å². The van der Waals surface area contributed by atoms with Gasteiger partial charge in [-0.1, -0.05) is 12.1 Å². The van der Waals surface area contributed by atoms with Gasteiger partial charge in [0.05, 0.1) is 6.61 Å². The summed E-state index contributed by atoms with van der Waals surface area (Å²) in [6, 6.07) is 7.51. The summed E-state index contributed by atoms with van der Waals surface area (Å²) in [6.07, 6.45) is 3.41. The van der Waals surface area contributed by atoms with Crippen molar-refractivity contribution in [2.24, 2.45) is 5.92 Å². The Labute approximate surface area is 151 Å². The van der Waals surface area contributed by atoms with Crippen LogP contribution in [0, 0.1) is 11.7 Å². The fourth-order valence-corrected chi connectivity index (χ4v) is 4.75. The highest BCUT2D eigenvalue weighted by Gasteiger charge is 2.40. The van der Waals surface area contributed by atoms with E-state index in [1.165, 1.54) is 5.56 Å². The van der Waals surface area contributed by atoms with Crippen molar-refractivity contribution in [1.82, 2.24) is 10.2 Å². The fraction of sp³-hybridized carbons (Fsp3) is 0.714. The fourth-order valence-electron chi connectivity index (χ4n) is 4.75. The molecule has 0 aromatic heterocycles. The summed E-state index contributed by atoms with van der Waals surface area (Å²) < 4.78 is 18.9. The van der Waals surface area contributed by atoms with Crippen molar-refractivity contribution in [1.29, 1.82) is 0 Å². The van der Waals surface area contributed by atoms with E-state index in [9.17, 15) is 4.39 Å². The molecule has 3 rings (SSSR count). The van der Waals surface area contributed by atoms with Gasteiger partial charge < -0.3 is 10.1 Å². The quantitative estimate of drug-likeness (QED) is 0.871. The Hall–Kier alpha value is -0.970. The average molecular weight is 349 g/mol. The van der Waals surface area contributed by atoms with Crippen LogP contribution in [0.2, 0.25) is 0 Å². The Balaban J connectivity index is 1.77. The van der Waals surface area contributed by atoms with Gasteiger partial charge in [-0.3, -0.25) is 4.90 Å². The van der Waals surface area contributed by atoms with Gasteiger partial charge in [0, 0.05) is 36.8 Å². The molecule has 2 saturated heterocycles. The van der Waals surface area contributed by atoms with Crippen LogP contribution in [-0.2, 0) is 11.3 Å². The van der Waals surface area contributed by atoms with Crippen molar-refractivity contribution >= 4 is 0 Å². The Bertz CT molecular complexity index is 548. The maximum atomic E-state index is 13.3. The maximum Gasteiger partial charge on any atom is 0.123 e. The van der Waals surface area contributed by atoms with Gasteiger partial charge in [-0.2, -0.15) is 0 Å². The van der Waals surface area contributed by atoms with Gasteiger partial charge in [-0.15, -0.1) is 0 Å². The summed E-state index contributed by atoms with van der Waals surface area (Å²) in [7, 11) is 0. The highest BCUT2D eigenvalue weighted by Crippen LogP contribution is 2.33. The van der Waals surface area contributed by atoms with E-state index in [0.29, 0.717) is 12.0 Å². The van der Waals surface area contributed by atoms with E-state index in [4.69, 9.17) is 4.74 Å². The van der Waals surface area contributed by atoms with Gasteiger partial charge in [-0.05, 0) is 70.6 Å².